The van der Waals surface area contributed by atoms with Gasteiger partial charge in [0.1, 0.15) is 8.08 Å². The van der Waals surface area contributed by atoms with Gasteiger partial charge in [-0.2, -0.15) is 0 Å². The molecule has 191 valence electrons. The van der Waals surface area contributed by atoms with Gasteiger partial charge in [0.25, 0.3) is 0 Å². The van der Waals surface area contributed by atoms with Crippen molar-refractivity contribution in [2.24, 2.45) is 23.2 Å². The monoisotopic (exact) mass is 565 g/mol. The SMILES string of the molecule is CC[Si](C)(C)O[Si](O[SiH]1[SiH2][SiH2][SiH2]1)(O[Si](C)(C)C)C(C)(C)C(C)([C](C(C)C)C(C)C)C(C)C. The summed E-state index contributed by atoms with van der Waals surface area (Å²) in [5, 5.41) is -0.148. The van der Waals surface area contributed by atoms with Crippen LogP contribution in [0.25, 0.3) is 0 Å². The minimum absolute atomic E-state index is 0.00187. The van der Waals surface area contributed by atoms with E-state index in [4.69, 9.17) is 12.3 Å². The minimum atomic E-state index is -2.94. The van der Waals surface area contributed by atoms with Gasteiger partial charge < -0.3 is 12.3 Å². The van der Waals surface area contributed by atoms with Gasteiger partial charge in [0.2, 0.25) is 0 Å². The highest BCUT2D eigenvalue weighted by molar-refractivity contribution is 7.80. The number of hydrogen-bond acceptors (Lipinski definition) is 3. The minimum Gasteiger partial charge on any atom is -0.426 e. The van der Waals surface area contributed by atoms with E-state index in [9.17, 15) is 0 Å². The average molecular weight is 566 g/mol. The Morgan fingerprint density at radius 2 is 1.31 bits per heavy atom. The van der Waals surface area contributed by atoms with Crippen LogP contribution in [0.4, 0.5) is 0 Å². The zero-order valence-corrected chi connectivity index (χ0v) is 32.8. The smallest absolute Gasteiger partial charge is 0.426 e. The van der Waals surface area contributed by atoms with Crippen molar-refractivity contribution >= 4 is 59.2 Å². The zero-order chi connectivity index (χ0) is 25.3. The standard InChI is InChI=1S/C22H57O3Si7/c1-16-31(14,15)25-32(24-30(11,12)13,23-29-27-26-28-29)21(8,9)22(10,19(6)7)20(17(2)3)18(4)5/h17-19,29H,16,26-28H2,1-15H3. The second-order valence-corrected chi connectivity index (χ2v) is 61.2. The van der Waals surface area contributed by atoms with Crippen LogP contribution in [0.2, 0.25) is 43.8 Å². The molecule has 1 fully saturated rings. The molecule has 1 aliphatic rings. The normalized spacial score (nSPS) is 24.7. The van der Waals surface area contributed by atoms with Gasteiger partial charge in [-0.1, -0.05) is 69.2 Å². The average Bonchev–Trinajstić information content (AvgIpc) is 2.55. The van der Waals surface area contributed by atoms with Crippen molar-refractivity contribution in [3.05, 3.63) is 5.92 Å². The summed E-state index contributed by atoms with van der Waals surface area (Å²) in [7, 11) is -6.88. The van der Waals surface area contributed by atoms with Crippen LogP contribution < -0.4 is 0 Å². The predicted molar refractivity (Wildman–Crippen MR) is 163 cm³/mol. The highest BCUT2D eigenvalue weighted by atomic mass is 30.1. The Bertz CT molecular complexity index is 595. The zero-order valence-electron chi connectivity index (χ0n) is 24.4. The van der Waals surface area contributed by atoms with Gasteiger partial charge in [0, 0.05) is 22.1 Å². The Balaban J connectivity index is 3.87. The van der Waals surface area contributed by atoms with Gasteiger partial charge in [-0.3, -0.25) is 0 Å². The molecule has 10 heteroatoms. The molecule has 0 aromatic carbocycles. The topological polar surface area (TPSA) is 27.7 Å². The van der Waals surface area contributed by atoms with E-state index in [1.54, 1.807) is 5.92 Å². The van der Waals surface area contributed by atoms with Crippen molar-refractivity contribution in [3.63, 3.8) is 0 Å². The van der Waals surface area contributed by atoms with Crippen molar-refractivity contribution < 1.29 is 12.3 Å². The van der Waals surface area contributed by atoms with Gasteiger partial charge >= 0.3 is 8.80 Å². The molecule has 0 aromatic heterocycles. The molecule has 1 saturated heterocycles. The predicted octanol–water partition coefficient (Wildman–Crippen LogP) is 4.43. The molecular weight excluding hydrogens is 509 g/mol. The Morgan fingerprint density at radius 3 is 1.59 bits per heavy atom. The third-order valence-corrected chi connectivity index (χ3v) is 95.7. The summed E-state index contributed by atoms with van der Waals surface area (Å²) in [6.45, 7) is 36.2. The van der Waals surface area contributed by atoms with E-state index in [-0.39, 0.29) is 27.6 Å². The van der Waals surface area contributed by atoms with Gasteiger partial charge in [-0.05, 0) is 76.4 Å². The molecule has 1 radical (unpaired) electrons. The summed E-state index contributed by atoms with van der Waals surface area (Å²) < 4.78 is 22.4. The molecule has 0 aromatic rings. The van der Waals surface area contributed by atoms with Gasteiger partial charge in [0.05, 0.1) is 0 Å². The first kappa shape index (κ1) is 31.4. The number of hydrogen-bond donors (Lipinski definition) is 0. The molecule has 0 amide bonds. The first-order valence-electron chi connectivity index (χ1n) is 13.2. The van der Waals surface area contributed by atoms with E-state index in [1.807, 2.05) is 0 Å². The van der Waals surface area contributed by atoms with E-state index >= 15 is 0 Å². The van der Waals surface area contributed by atoms with Crippen LogP contribution in [0.3, 0.4) is 0 Å². The molecule has 1 aliphatic heterocycles. The van der Waals surface area contributed by atoms with Crippen LogP contribution in [-0.4, -0.2) is 59.2 Å². The maximum Gasteiger partial charge on any atom is 0.475 e. The van der Waals surface area contributed by atoms with Crippen LogP contribution in [-0.2, 0) is 12.3 Å². The van der Waals surface area contributed by atoms with Crippen LogP contribution in [0, 0.1) is 29.1 Å². The third-order valence-electron chi connectivity index (χ3n) is 8.14. The van der Waals surface area contributed by atoms with E-state index < -0.39 is 33.5 Å². The lowest BCUT2D eigenvalue weighted by molar-refractivity contribution is 0.0702. The first-order chi connectivity index (χ1) is 14.3. The molecule has 1 heterocycles. The van der Waals surface area contributed by atoms with E-state index in [2.05, 4.69) is 102 Å². The lowest BCUT2D eigenvalue weighted by Crippen LogP contribution is -2.72. The molecule has 2 unspecified atom stereocenters. The highest BCUT2D eigenvalue weighted by Crippen LogP contribution is 2.65. The van der Waals surface area contributed by atoms with E-state index in [0.717, 1.165) is 6.04 Å². The highest BCUT2D eigenvalue weighted by Gasteiger charge is 2.69. The maximum absolute atomic E-state index is 7.51. The van der Waals surface area contributed by atoms with Crippen molar-refractivity contribution in [2.45, 2.75) is 113 Å². The quantitative estimate of drug-likeness (QED) is 0.309. The van der Waals surface area contributed by atoms with Crippen molar-refractivity contribution in [2.75, 3.05) is 0 Å². The molecule has 2 atom stereocenters. The van der Waals surface area contributed by atoms with Crippen LogP contribution >= 0.6 is 0 Å². The summed E-state index contributed by atoms with van der Waals surface area (Å²) in [6.07, 6.45) is 0. The van der Waals surface area contributed by atoms with Crippen LogP contribution in [0.1, 0.15) is 69.2 Å². The largest absolute Gasteiger partial charge is 0.475 e. The fourth-order valence-corrected chi connectivity index (χ4v) is 63.2. The molecule has 0 bridgehead atoms. The second-order valence-electron chi connectivity index (χ2n) is 13.4. The molecule has 3 nitrogen and oxygen atoms in total. The summed E-state index contributed by atoms with van der Waals surface area (Å²) in [5.41, 5.74) is -0.00187. The van der Waals surface area contributed by atoms with Crippen molar-refractivity contribution in [1.82, 2.24) is 0 Å². The van der Waals surface area contributed by atoms with E-state index in [0.29, 0.717) is 26.3 Å². The fraction of sp³-hybridized carbons (Fsp3) is 0.955. The molecule has 0 N–H and O–H groups in total. The lowest BCUT2D eigenvalue weighted by Gasteiger charge is -2.61. The summed E-state index contributed by atoms with van der Waals surface area (Å²) in [5.74, 6) is 3.25. The van der Waals surface area contributed by atoms with Gasteiger partial charge in [-0.25, -0.2) is 0 Å². The second kappa shape index (κ2) is 11.2. The fourth-order valence-electron chi connectivity index (χ4n) is 5.62. The van der Waals surface area contributed by atoms with Crippen molar-refractivity contribution in [3.8, 4) is 0 Å². The number of rotatable bonds is 13. The Hall–Kier alpha value is 1.40. The maximum atomic E-state index is 7.51. The first-order valence-corrected chi connectivity index (χ1v) is 36.5. The molecule has 0 spiro atoms. The lowest BCUT2D eigenvalue weighted by atomic mass is 9.56. The molecule has 32 heavy (non-hydrogen) atoms. The summed E-state index contributed by atoms with van der Waals surface area (Å²) in [6, 6.07) is 1.12. The molecule has 1 rings (SSSR count). The molecule has 0 aliphatic carbocycles. The summed E-state index contributed by atoms with van der Waals surface area (Å²) in [4.78, 5) is 0. The Labute approximate surface area is 212 Å². The Morgan fingerprint density at radius 1 is 0.844 bits per heavy atom. The van der Waals surface area contributed by atoms with Crippen LogP contribution in [0.15, 0.2) is 0 Å². The summed E-state index contributed by atoms with van der Waals surface area (Å²) >= 11 is 0. The van der Waals surface area contributed by atoms with E-state index in [1.165, 1.54) is 0 Å². The Kier molecular flexibility index (Phi) is 11.0. The van der Waals surface area contributed by atoms with Gasteiger partial charge in [-0.15, -0.1) is 0 Å². The van der Waals surface area contributed by atoms with Crippen molar-refractivity contribution in [1.29, 1.82) is 0 Å². The van der Waals surface area contributed by atoms with Crippen LogP contribution in [0.5, 0.6) is 0 Å². The molecule has 0 saturated carbocycles. The van der Waals surface area contributed by atoms with Gasteiger partial charge in [0.15, 0.2) is 16.6 Å². The molecular formula is C22H57O3Si7. The third kappa shape index (κ3) is 6.78.